The zero-order chi connectivity index (χ0) is 31.2. The van der Waals surface area contributed by atoms with E-state index in [0.29, 0.717) is 32.2 Å². The van der Waals surface area contributed by atoms with Gasteiger partial charge in [0.05, 0.1) is 6.04 Å². The van der Waals surface area contributed by atoms with Gasteiger partial charge >= 0.3 is 30.0 Å². The molecule has 2 amide bonds. The van der Waals surface area contributed by atoms with E-state index in [0.717, 1.165) is 19.3 Å². The van der Waals surface area contributed by atoms with E-state index in [-0.39, 0.29) is 13.2 Å². The van der Waals surface area contributed by atoms with Gasteiger partial charge < -0.3 is 25.4 Å². The van der Waals surface area contributed by atoms with Crippen molar-refractivity contribution in [2.24, 2.45) is 0 Å². The van der Waals surface area contributed by atoms with E-state index in [2.05, 4.69) is 10.6 Å². The number of halogens is 9. The number of fused-ring (bicyclic) bond motifs is 1. The monoisotopic (exact) mass is 619 g/mol. The Kier molecular flexibility index (Phi) is 12.0. The van der Waals surface area contributed by atoms with Crippen molar-refractivity contribution in [2.45, 2.75) is 112 Å². The Morgan fingerprint density at radius 1 is 0.805 bits per heavy atom. The highest BCUT2D eigenvalue weighted by Crippen LogP contribution is 2.54. The van der Waals surface area contributed by atoms with Crippen molar-refractivity contribution >= 4 is 12.0 Å². The molecule has 2 aliphatic rings. The van der Waals surface area contributed by atoms with Crippen molar-refractivity contribution < 1.29 is 69.2 Å². The normalized spacial score (nSPS) is 25.7. The first-order valence-electron chi connectivity index (χ1n) is 13.1. The number of aliphatic hydroxyl groups excluding tert-OH is 3. The van der Waals surface area contributed by atoms with Gasteiger partial charge in [0.15, 0.2) is 0 Å². The van der Waals surface area contributed by atoms with Crippen LogP contribution in [0.25, 0.3) is 0 Å². The number of nitrogens with one attached hydrogen (secondary N) is 2. The van der Waals surface area contributed by atoms with Crippen LogP contribution in [0.1, 0.15) is 57.8 Å². The molecule has 0 aromatic heterocycles. The Morgan fingerprint density at radius 2 is 1.34 bits per heavy atom. The molecular formula is C23H34F9N3O6. The van der Waals surface area contributed by atoms with Gasteiger partial charge in [-0.25, -0.2) is 4.79 Å². The van der Waals surface area contributed by atoms with E-state index in [1.165, 1.54) is 4.90 Å². The number of carbonyl (C=O) groups excluding carboxylic acids is 2. The van der Waals surface area contributed by atoms with Gasteiger partial charge in [-0.3, -0.25) is 15.0 Å². The summed E-state index contributed by atoms with van der Waals surface area (Å²) in [5, 5.41) is 35.4. The van der Waals surface area contributed by atoms with Crippen LogP contribution in [0, 0.1) is 0 Å². The number of ether oxygens (including phenoxy) is 1. The molecule has 2 aliphatic heterocycles. The van der Waals surface area contributed by atoms with Crippen LogP contribution in [-0.2, 0) is 9.53 Å². The van der Waals surface area contributed by atoms with Gasteiger partial charge in [0.1, 0.15) is 31.1 Å². The summed E-state index contributed by atoms with van der Waals surface area (Å²) >= 11 is 0. The first kappa shape index (κ1) is 35.1. The van der Waals surface area contributed by atoms with Crippen LogP contribution in [-0.4, -0.2) is 106 Å². The second kappa shape index (κ2) is 13.9. The number of hydrogen-bond acceptors (Lipinski definition) is 7. The minimum absolute atomic E-state index is 0.0341. The summed E-state index contributed by atoms with van der Waals surface area (Å²) in [5.74, 6) is -20.7. The lowest BCUT2D eigenvalue weighted by Crippen LogP contribution is -2.69. The number of unbranched alkanes of at least 4 members (excludes halogenated alkanes) is 6. The number of alkyl halides is 9. The summed E-state index contributed by atoms with van der Waals surface area (Å²) in [6.07, 6.45) is -11.6. The molecule has 5 atom stereocenters. The largest absolute Gasteiger partial charge is 0.460 e. The first-order valence-corrected chi connectivity index (χ1v) is 13.1. The standard InChI is InChI=1S/C23H34F9N3O6/c24-20(25,21(26,27)22(28,29)23(30,31)32)9-8-14(36)33-10-6-4-2-1-3-5-7-11-34-18-17(39)16(38)15(37)13-12-41-19(40)35(13)18/h13,15-18,34,37-39H,1-12H2,(H,33,36)/t13-,15-,16+,17-,18+/m1/s1. The number of nitrogens with zero attached hydrogens (tertiary/aromatic N) is 1. The molecule has 240 valence electrons. The van der Waals surface area contributed by atoms with Gasteiger partial charge in [-0.2, -0.15) is 39.5 Å². The Bertz CT molecular complexity index is 880. The Labute approximate surface area is 229 Å². The molecule has 2 rings (SSSR count). The van der Waals surface area contributed by atoms with Crippen molar-refractivity contribution in [1.82, 2.24) is 15.5 Å². The van der Waals surface area contributed by atoms with Crippen molar-refractivity contribution in [2.75, 3.05) is 19.7 Å². The quantitative estimate of drug-likeness (QED) is 0.133. The minimum atomic E-state index is -6.98. The summed E-state index contributed by atoms with van der Waals surface area (Å²) < 4.78 is 120. The molecule has 0 aromatic rings. The SMILES string of the molecule is O=C(CCC(F)(F)C(F)(F)C(F)(F)C(F)(F)F)NCCCCCCCCCN[C@@H]1[C@H](O)[C@@H](O)[C@H](O)[C@H]2COC(=O)N21. The predicted octanol–water partition coefficient (Wildman–Crippen LogP) is 2.91. The number of carbonyl (C=O) groups is 2. The number of amides is 2. The second-order valence-corrected chi connectivity index (χ2v) is 10.1. The van der Waals surface area contributed by atoms with E-state index in [1.54, 1.807) is 0 Å². The van der Waals surface area contributed by atoms with Crippen LogP contribution < -0.4 is 10.6 Å². The number of cyclic esters (lactones) is 1. The van der Waals surface area contributed by atoms with E-state index in [4.69, 9.17) is 4.74 Å². The maximum atomic E-state index is 13.5. The molecule has 2 heterocycles. The molecule has 0 unspecified atom stereocenters. The van der Waals surface area contributed by atoms with Gasteiger partial charge in [-0.15, -0.1) is 0 Å². The molecule has 41 heavy (non-hydrogen) atoms. The van der Waals surface area contributed by atoms with Crippen LogP contribution in [0.15, 0.2) is 0 Å². The van der Waals surface area contributed by atoms with E-state index >= 15 is 0 Å². The smallest absolute Gasteiger partial charge is 0.447 e. The molecule has 2 saturated heterocycles. The van der Waals surface area contributed by atoms with Gasteiger partial charge in [0.25, 0.3) is 0 Å². The van der Waals surface area contributed by atoms with Crippen molar-refractivity contribution in [3.8, 4) is 0 Å². The summed E-state index contributed by atoms with van der Waals surface area (Å²) in [7, 11) is 0. The molecule has 0 aromatic carbocycles. The van der Waals surface area contributed by atoms with Crippen LogP contribution in [0.4, 0.5) is 44.3 Å². The molecule has 5 N–H and O–H groups in total. The number of hydrogen-bond donors (Lipinski definition) is 5. The van der Waals surface area contributed by atoms with Crippen LogP contribution in [0.2, 0.25) is 0 Å². The molecular weight excluding hydrogens is 585 g/mol. The average molecular weight is 620 g/mol. The average Bonchev–Trinajstić information content (AvgIpc) is 3.26. The fraction of sp³-hybridized carbons (Fsp3) is 0.913. The van der Waals surface area contributed by atoms with E-state index < -0.39 is 79.3 Å². The lowest BCUT2D eigenvalue weighted by Gasteiger charge is -2.44. The van der Waals surface area contributed by atoms with Crippen LogP contribution >= 0.6 is 0 Å². The lowest BCUT2D eigenvalue weighted by atomic mass is 9.92. The molecule has 0 spiro atoms. The maximum Gasteiger partial charge on any atom is 0.460 e. The van der Waals surface area contributed by atoms with Gasteiger partial charge in [-0.1, -0.05) is 32.1 Å². The number of rotatable bonds is 16. The third-order valence-corrected chi connectivity index (χ3v) is 7.07. The third kappa shape index (κ3) is 8.07. The lowest BCUT2D eigenvalue weighted by molar-refractivity contribution is -0.396. The summed E-state index contributed by atoms with van der Waals surface area (Å²) in [4.78, 5) is 24.7. The number of piperidine rings is 1. The number of aliphatic hydroxyl groups is 3. The zero-order valence-corrected chi connectivity index (χ0v) is 21.8. The van der Waals surface area contributed by atoms with Crippen LogP contribution in [0.5, 0.6) is 0 Å². The fourth-order valence-electron chi connectivity index (χ4n) is 4.57. The molecule has 0 saturated carbocycles. The topological polar surface area (TPSA) is 131 Å². The van der Waals surface area contributed by atoms with E-state index in [9.17, 15) is 64.4 Å². The summed E-state index contributed by atoms with van der Waals surface area (Å²) in [6.45, 7) is 0.257. The van der Waals surface area contributed by atoms with Gasteiger partial charge in [0, 0.05) is 19.4 Å². The highest BCUT2D eigenvalue weighted by atomic mass is 19.4. The van der Waals surface area contributed by atoms with Crippen molar-refractivity contribution in [3.05, 3.63) is 0 Å². The van der Waals surface area contributed by atoms with Crippen molar-refractivity contribution in [3.63, 3.8) is 0 Å². The molecule has 18 heteroatoms. The molecule has 9 nitrogen and oxygen atoms in total. The predicted molar refractivity (Wildman–Crippen MR) is 122 cm³/mol. The molecule has 0 radical (unpaired) electrons. The summed E-state index contributed by atoms with van der Waals surface area (Å²) in [6, 6.07) is -0.773. The molecule has 0 bridgehead atoms. The third-order valence-electron chi connectivity index (χ3n) is 7.07. The fourth-order valence-corrected chi connectivity index (χ4v) is 4.57. The highest BCUT2D eigenvalue weighted by Gasteiger charge is 2.81. The zero-order valence-electron chi connectivity index (χ0n) is 21.8. The minimum Gasteiger partial charge on any atom is -0.447 e. The van der Waals surface area contributed by atoms with Crippen molar-refractivity contribution in [1.29, 1.82) is 0 Å². The molecule has 2 fully saturated rings. The maximum absolute atomic E-state index is 13.5. The second-order valence-electron chi connectivity index (χ2n) is 10.1. The van der Waals surface area contributed by atoms with Gasteiger partial charge in [0.2, 0.25) is 5.91 Å². The Hall–Kier alpha value is -2.05. The summed E-state index contributed by atoms with van der Waals surface area (Å²) in [5.41, 5.74) is 0. The van der Waals surface area contributed by atoms with Gasteiger partial charge in [-0.05, 0) is 19.4 Å². The first-order chi connectivity index (χ1) is 18.9. The Balaban J connectivity index is 1.55. The highest BCUT2D eigenvalue weighted by molar-refractivity contribution is 5.75. The van der Waals surface area contributed by atoms with Crippen LogP contribution in [0.3, 0.4) is 0 Å². The molecule has 0 aliphatic carbocycles. The Morgan fingerprint density at radius 3 is 1.90 bits per heavy atom. The van der Waals surface area contributed by atoms with E-state index in [1.807, 2.05) is 0 Å².